The van der Waals surface area contributed by atoms with E-state index in [0.717, 1.165) is 13.8 Å². The maximum atomic E-state index is 12.9. The van der Waals surface area contributed by atoms with Crippen molar-refractivity contribution in [2.24, 2.45) is 5.41 Å². The molecular weight excluding hydrogens is 411 g/mol. The van der Waals surface area contributed by atoms with Crippen LogP contribution in [0.2, 0.25) is 5.15 Å². The summed E-state index contributed by atoms with van der Waals surface area (Å²) >= 11 is 6.10. The Bertz CT molecular complexity index is 874. The van der Waals surface area contributed by atoms with Gasteiger partial charge in [0.2, 0.25) is 5.88 Å². The molecule has 160 valence electrons. The molecule has 0 aliphatic carbocycles. The highest BCUT2D eigenvalue weighted by Crippen LogP contribution is 2.40. The highest BCUT2D eigenvalue weighted by Gasteiger charge is 2.46. The summed E-state index contributed by atoms with van der Waals surface area (Å²) in [5.74, 6) is -0.136. The Labute approximate surface area is 172 Å². The Morgan fingerprint density at radius 3 is 2.34 bits per heavy atom. The van der Waals surface area contributed by atoms with E-state index in [1.807, 2.05) is 0 Å². The molecular formula is C19H23ClF3N3O3. The summed E-state index contributed by atoms with van der Waals surface area (Å²) in [6, 6.07) is 4.49. The predicted molar refractivity (Wildman–Crippen MR) is 101 cm³/mol. The third-order valence-corrected chi connectivity index (χ3v) is 4.28. The lowest BCUT2D eigenvalue weighted by Gasteiger charge is -2.27. The minimum atomic E-state index is -4.31. The molecule has 0 N–H and O–H groups in total. The first kappa shape index (κ1) is 23.0. The number of hydrogen-bond acceptors (Lipinski definition) is 5. The largest absolute Gasteiger partial charge is 0.477 e. The van der Waals surface area contributed by atoms with Gasteiger partial charge in [0.1, 0.15) is 10.8 Å². The zero-order valence-corrected chi connectivity index (χ0v) is 17.6. The second kappa shape index (κ2) is 8.22. The minimum Gasteiger partial charge on any atom is -0.477 e. The van der Waals surface area contributed by atoms with Gasteiger partial charge in [-0.2, -0.15) is 13.2 Å². The molecule has 0 amide bonds. The van der Waals surface area contributed by atoms with Gasteiger partial charge >= 0.3 is 12.1 Å². The number of ether oxygens (including phenoxy) is 2. The van der Waals surface area contributed by atoms with E-state index in [9.17, 15) is 18.0 Å². The minimum absolute atomic E-state index is 0.0540. The van der Waals surface area contributed by atoms with Crippen LogP contribution in [0.4, 0.5) is 13.2 Å². The van der Waals surface area contributed by atoms with Gasteiger partial charge < -0.3 is 9.47 Å². The van der Waals surface area contributed by atoms with Gasteiger partial charge in [-0.25, -0.2) is 14.5 Å². The van der Waals surface area contributed by atoms with Crippen LogP contribution in [0.15, 0.2) is 24.4 Å². The standard InChI is InChI=1S/C19H23ClF3N3O3/c1-17(2,3)29-16(27)12-6-7-13(24-15(12)20)26-10-8-14(25-26)28-11-9-18(4,5)19(21,22)23/h6-8,10H,9,11H2,1-5H3. The van der Waals surface area contributed by atoms with Crippen LogP contribution in [0.1, 0.15) is 51.4 Å². The van der Waals surface area contributed by atoms with E-state index >= 15 is 0 Å². The van der Waals surface area contributed by atoms with Gasteiger partial charge in [0.15, 0.2) is 5.82 Å². The number of nitrogens with zero attached hydrogens (tertiary/aromatic N) is 3. The van der Waals surface area contributed by atoms with E-state index in [-0.39, 0.29) is 29.6 Å². The molecule has 2 aromatic heterocycles. The Morgan fingerprint density at radius 1 is 1.14 bits per heavy atom. The van der Waals surface area contributed by atoms with Crippen LogP contribution >= 0.6 is 11.6 Å². The van der Waals surface area contributed by atoms with Crippen LogP contribution in [0, 0.1) is 5.41 Å². The number of hydrogen-bond donors (Lipinski definition) is 0. The van der Waals surface area contributed by atoms with E-state index < -0.39 is 23.2 Å². The van der Waals surface area contributed by atoms with Gasteiger partial charge in [-0.05, 0) is 39.3 Å². The van der Waals surface area contributed by atoms with Crippen LogP contribution in [-0.4, -0.2) is 39.1 Å². The highest BCUT2D eigenvalue weighted by atomic mass is 35.5. The first-order valence-corrected chi connectivity index (χ1v) is 9.23. The molecule has 2 heterocycles. The summed E-state index contributed by atoms with van der Waals surface area (Å²) in [7, 11) is 0. The molecule has 0 bridgehead atoms. The number of aromatic nitrogens is 3. The SMILES string of the molecule is CC(C)(C)OC(=O)c1ccc(-n2ccc(OCCC(C)(C)C(F)(F)F)n2)nc1Cl. The Balaban J connectivity index is 2.05. The van der Waals surface area contributed by atoms with Crippen molar-refractivity contribution in [2.45, 2.75) is 52.8 Å². The van der Waals surface area contributed by atoms with Crippen molar-refractivity contribution < 1.29 is 27.4 Å². The highest BCUT2D eigenvalue weighted by molar-refractivity contribution is 6.32. The van der Waals surface area contributed by atoms with Crippen LogP contribution < -0.4 is 4.74 Å². The summed E-state index contributed by atoms with van der Waals surface area (Å²) in [6.07, 6.45) is -3.00. The average Bonchev–Trinajstić information content (AvgIpc) is 3.00. The van der Waals surface area contributed by atoms with Crippen molar-refractivity contribution in [3.05, 3.63) is 35.1 Å². The summed E-state index contributed by atoms with van der Waals surface area (Å²) in [4.78, 5) is 16.3. The smallest absolute Gasteiger partial charge is 0.394 e. The molecule has 0 atom stereocenters. The molecule has 0 fully saturated rings. The molecule has 0 saturated heterocycles. The Kier molecular flexibility index (Phi) is 6.51. The van der Waals surface area contributed by atoms with Gasteiger partial charge in [0, 0.05) is 12.3 Å². The fourth-order valence-electron chi connectivity index (χ4n) is 2.10. The lowest BCUT2D eigenvalue weighted by molar-refractivity contribution is -0.215. The molecule has 2 aromatic rings. The number of esters is 1. The van der Waals surface area contributed by atoms with E-state index in [4.69, 9.17) is 21.1 Å². The van der Waals surface area contributed by atoms with Crippen molar-refractivity contribution in [3.8, 4) is 11.7 Å². The molecule has 2 rings (SSSR count). The summed E-state index contributed by atoms with van der Waals surface area (Å²) in [5.41, 5.74) is -2.42. The maximum absolute atomic E-state index is 12.9. The quantitative estimate of drug-likeness (QED) is 0.460. The number of halogens is 4. The summed E-state index contributed by atoms with van der Waals surface area (Å²) < 4.78 is 50.5. The maximum Gasteiger partial charge on any atom is 0.394 e. The monoisotopic (exact) mass is 433 g/mol. The molecule has 0 unspecified atom stereocenters. The first-order valence-electron chi connectivity index (χ1n) is 8.85. The van der Waals surface area contributed by atoms with E-state index in [0.29, 0.717) is 5.82 Å². The zero-order chi connectivity index (χ0) is 22.0. The fraction of sp³-hybridized carbons (Fsp3) is 0.526. The van der Waals surface area contributed by atoms with E-state index in [2.05, 4.69) is 10.1 Å². The number of alkyl halides is 3. The molecule has 6 nitrogen and oxygen atoms in total. The number of rotatable bonds is 6. The van der Waals surface area contributed by atoms with Crippen LogP contribution in [0.3, 0.4) is 0 Å². The lowest BCUT2D eigenvalue weighted by Crippen LogP contribution is -2.33. The van der Waals surface area contributed by atoms with Gasteiger partial charge in [0.25, 0.3) is 0 Å². The van der Waals surface area contributed by atoms with Crippen molar-refractivity contribution in [1.82, 2.24) is 14.8 Å². The number of carbonyl (C=O) groups is 1. The normalized spacial score (nSPS) is 12.7. The predicted octanol–water partition coefficient (Wildman–Crippen LogP) is 5.23. The molecule has 0 spiro atoms. The summed E-state index contributed by atoms with van der Waals surface area (Å²) in [5, 5.41) is 4.06. The number of carbonyl (C=O) groups excluding carboxylic acids is 1. The molecule has 0 aliphatic heterocycles. The van der Waals surface area contributed by atoms with Crippen LogP contribution in [0.5, 0.6) is 5.88 Å². The van der Waals surface area contributed by atoms with Crippen molar-refractivity contribution in [3.63, 3.8) is 0 Å². The second-order valence-electron chi connectivity index (χ2n) is 8.09. The first-order chi connectivity index (χ1) is 13.2. The number of pyridine rings is 1. The molecule has 29 heavy (non-hydrogen) atoms. The molecule has 0 aliphatic rings. The molecule has 10 heteroatoms. The molecule has 0 aromatic carbocycles. The van der Waals surface area contributed by atoms with Gasteiger partial charge in [-0.15, -0.1) is 5.10 Å². The van der Waals surface area contributed by atoms with Crippen LogP contribution in [-0.2, 0) is 4.74 Å². The zero-order valence-electron chi connectivity index (χ0n) is 16.8. The van der Waals surface area contributed by atoms with Crippen molar-refractivity contribution in [1.29, 1.82) is 0 Å². The van der Waals surface area contributed by atoms with Crippen LogP contribution in [0.25, 0.3) is 5.82 Å². The Hall–Kier alpha value is -2.29. The summed E-state index contributed by atoms with van der Waals surface area (Å²) in [6.45, 7) is 7.31. The van der Waals surface area contributed by atoms with E-state index in [1.54, 1.807) is 20.8 Å². The van der Waals surface area contributed by atoms with E-state index in [1.165, 1.54) is 29.1 Å². The molecule has 0 saturated carbocycles. The Morgan fingerprint density at radius 2 is 1.79 bits per heavy atom. The third kappa shape index (κ3) is 6.09. The van der Waals surface area contributed by atoms with Crippen molar-refractivity contribution >= 4 is 17.6 Å². The van der Waals surface area contributed by atoms with Gasteiger partial charge in [-0.3, -0.25) is 0 Å². The second-order valence-corrected chi connectivity index (χ2v) is 8.45. The van der Waals surface area contributed by atoms with Crippen molar-refractivity contribution in [2.75, 3.05) is 6.61 Å². The average molecular weight is 434 g/mol. The van der Waals surface area contributed by atoms with Gasteiger partial charge in [0.05, 0.1) is 17.6 Å². The molecule has 0 radical (unpaired) electrons. The third-order valence-electron chi connectivity index (χ3n) is 4.00. The van der Waals surface area contributed by atoms with Gasteiger partial charge in [-0.1, -0.05) is 25.4 Å². The topological polar surface area (TPSA) is 66.2 Å². The lowest BCUT2D eigenvalue weighted by atomic mass is 9.89. The fourth-order valence-corrected chi connectivity index (χ4v) is 2.33.